The first kappa shape index (κ1) is 34.0. The second kappa shape index (κ2) is 14.2. The Kier molecular flexibility index (Phi) is 10.5. The van der Waals surface area contributed by atoms with Gasteiger partial charge in [-0.05, 0) is 54.6 Å². The van der Waals surface area contributed by atoms with Crippen LogP contribution in [-0.4, -0.2) is 20.9 Å². The first-order chi connectivity index (χ1) is 21.9. The van der Waals surface area contributed by atoms with Crippen molar-refractivity contribution in [2.75, 3.05) is 0 Å². The Morgan fingerprint density at radius 2 is 1.63 bits per heavy atom. The van der Waals surface area contributed by atoms with Crippen LogP contribution in [-0.2, 0) is 35.7 Å². The van der Waals surface area contributed by atoms with Gasteiger partial charge in [0.25, 0.3) is 0 Å². The van der Waals surface area contributed by atoms with Gasteiger partial charge in [-0.15, -0.1) is 29.6 Å². The largest absolute Gasteiger partial charge is 0.512 e. The molecule has 0 atom stereocenters. The molecule has 0 spiro atoms. The summed E-state index contributed by atoms with van der Waals surface area (Å²) in [6, 6.07) is 17.9. The Balaban J connectivity index is 0.000000269. The van der Waals surface area contributed by atoms with Gasteiger partial charge in [0.15, 0.2) is 5.78 Å². The monoisotopic (exact) mass is 797 g/mol. The number of rotatable bonds is 8. The predicted octanol–water partition coefficient (Wildman–Crippen LogP) is 10.8. The fourth-order valence-electron chi connectivity index (χ4n) is 7.31. The van der Waals surface area contributed by atoms with E-state index in [-0.39, 0.29) is 54.3 Å². The molecule has 0 amide bonds. The molecule has 0 saturated heterocycles. The average Bonchev–Trinajstić information content (AvgIpc) is 3.49. The van der Waals surface area contributed by atoms with Crippen molar-refractivity contribution in [3.05, 3.63) is 83.9 Å². The van der Waals surface area contributed by atoms with Crippen LogP contribution in [0.1, 0.15) is 100.0 Å². The number of hydrogen-bond donors (Lipinski definition) is 1. The summed E-state index contributed by atoms with van der Waals surface area (Å²) in [6.45, 7) is 17.3. The minimum atomic E-state index is 0. The number of nitrogens with zero attached hydrogens (tertiary/aromatic N) is 2. The number of ketones is 1. The number of allylic oxidation sites excluding steroid dienone is 2. The molecule has 46 heavy (non-hydrogen) atoms. The first-order valence-corrected chi connectivity index (χ1v) is 16.4. The number of carbonyl (C=O) groups excluding carboxylic acids is 1. The predicted molar refractivity (Wildman–Crippen MR) is 186 cm³/mol. The second-order valence-electron chi connectivity index (χ2n) is 13.7. The third-order valence-corrected chi connectivity index (χ3v) is 9.62. The van der Waals surface area contributed by atoms with Gasteiger partial charge < -0.3 is 9.52 Å². The molecule has 6 heteroatoms. The number of aliphatic hydroxyl groups is 1. The molecule has 1 aliphatic carbocycles. The van der Waals surface area contributed by atoms with Crippen molar-refractivity contribution in [2.24, 2.45) is 11.8 Å². The van der Waals surface area contributed by atoms with Crippen LogP contribution in [0.5, 0.6) is 0 Å². The molecule has 0 unspecified atom stereocenters. The topological polar surface area (TPSA) is 76.2 Å². The Hall–Kier alpha value is -3.34. The molecule has 5 aromatic rings. The molecule has 1 N–H and O–H groups in total. The van der Waals surface area contributed by atoms with Gasteiger partial charge in [0.2, 0.25) is 0 Å². The number of aliphatic hydroxyl groups excluding tert-OH is 1. The number of furan rings is 1. The Morgan fingerprint density at radius 1 is 0.957 bits per heavy atom. The van der Waals surface area contributed by atoms with Crippen LogP contribution in [0.4, 0.5) is 0 Å². The maximum atomic E-state index is 11.7. The quantitative estimate of drug-likeness (QED) is 0.0961. The van der Waals surface area contributed by atoms with Crippen LogP contribution < -0.4 is 0 Å². The summed E-state index contributed by atoms with van der Waals surface area (Å²) in [4.78, 5) is 20.9. The van der Waals surface area contributed by atoms with Crippen molar-refractivity contribution in [3.63, 3.8) is 0 Å². The van der Waals surface area contributed by atoms with Gasteiger partial charge in [0.05, 0.1) is 11.5 Å². The summed E-state index contributed by atoms with van der Waals surface area (Å²) in [5, 5.41) is 12.6. The molecule has 3 aromatic carbocycles. The van der Waals surface area contributed by atoms with Crippen LogP contribution in [0.2, 0.25) is 0 Å². The molecule has 0 fully saturated rings. The molecule has 1 aliphatic rings. The van der Waals surface area contributed by atoms with Crippen molar-refractivity contribution < 1.29 is 35.8 Å². The average molecular weight is 797 g/mol. The number of carbonyl (C=O) groups is 1. The SMILES string of the molecule is CCC(CC)C(=O)/C=C(\O)C(CC)CC.[2H]c1cc(-c2ncnc3c2oc2c4c(ccc23)C(C)(C)CC4(C)C)[c-]c2ccccc12.[Ir]. The van der Waals surface area contributed by atoms with Crippen LogP contribution >= 0.6 is 0 Å². The standard InChI is InChI=1S/C27H23N2O.C13H24O2.Ir/c1-26(2)14-27(3,4)21-20(26)12-11-19-23-25(30-24(19)21)22(28-15-29-23)18-10-9-16-7-5-6-8-17(16)13-18;1-5-10(6-2)12(14)9-13(15)11(7-3)8-4;/h5-12,15H,14H2,1-4H3;9-11,14H,5-8H2,1-4H3;/q-1;;/b;12-9-;/i9D;;. The summed E-state index contributed by atoms with van der Waals surface area (Å²) in [5.41, 5.74) is 6.59. The van der Waals surface area contributed by atoms with Crippen molar-refractivity contribution in [3.8, 4) is 11.3 Å². The number of hydrogen-bond acceptors (Lipinski definition) is 5. The van der Waals surface area contributed by atoms with Crippen LogP contribution in [0, 0.1) is 17.9 Å². The van der Waals surface area contributed by atoms with Crippen LogP contribution in [0.15, 0.2) is 71.1 Å². The Bertz CT molecular complexity index is 1930. The second-order valence-corrected chi connectivity index (χ2v) is 13.7. The Morgan fingerprint density at radius 3 is 2.30 bits per heavy atom. The molecule has 245 valence electrons. The normalized spacial score (nSPS) is 15.5. The van der Waals surface area contributed by atoms with Gasteiger partial charge in [0, 0.05) is 50.3 Å². The van der Waals surface area contributed by atoms with E-state index in [0.717, 1.165) is 64.9 Å². The number of benzene rings is 3. The maximum Gasteiger partial charge on any atom is 0.162 e. The van der Waals surface area contributed by atoms with Crippen molar-refractivity contribution in [1.29, 1.82) is 0 Å². The minimum Gasteiger partial charge on any atom is -0.512 e. The first-order valence-electron chi connectivity index (χ1n) is 16.9. The van der Waals surface area contributed by atoms with E-state index in [9.17, 15) is 9.90 Å². The molecule has 1 radical (unpaired) electrons. The summed E-state index contributed by atoms with van der Waals surface area (Å²) in [5.74, 6) is 0.547. The molecule has 0 bridgehead atoms. The van der Waals surface area contributed by atoms with Crippen LogP contribution in [0.25, 0.3) is 44.1 Å². The van der Waals surface area contributed by atoms with Gasteiger partial charge >= 0.3 is 0 Å². The molecule has 2 heterocycles. The van der Waals surface area contributed by atoms with E-state index in [1.54, 1.807) is 6.33 Å². The van der Waals surface area contributed by atoms with E-state index >= 15 is 0 Å². The Labute approximate surface area is 288 Å². The summed E-state index contributed by atoms with van der Waals surface area (Å²) in [6.07, 6.45) is 7.57. The molecule has 0 aliphatic heterocycles. The van der Waals surface area contributed by atoms with Gasteiger partial charge in [-0.2, -0.15) is 0 Å². The maximum absolute atomic E-state index is 11.7. The zero-order valence-corrected chi connectivity index (χ0v) is 30.8. The third kappa shape index (κ3) is 6.71. The molecule has 6 rings (SSSR count). The number of fused-ring (bicyclic) bond motifs is 6. The van der Waals surface area contributed by atoms with Gasteiger partial charge in [-0.3, -0.25) is 9.78 Å². The molecule has 0 saturated carbocycles. The summed E-state index contributed by atoms with van der Waals surface area (Å²) < 4.78 is 15.0. The van der Waals surface area contributed by atoms with E-state index < -0.39 is 0 Å². The van der Waals surface area contributed by atoms with E-state index in [4.69, 9.17) is 5.79 Å². The minimum absolute atomic E-state index is 0. The van der Waals surface area contributed by atoms with Crippen molar-refractivity contribution in [1.82, 2.24) is 9.97 Å². The van der Waals surface area contributed by atoms with Gasteiger partial charge in [-0.1, -0.05) is 90.6 Å². The smallest absolute Gasteiger partial charge is 0.162 e. The summed E-state index contributed by atoms with van der Waals surface area (Å²) in [7, 11) is 0. The molecule has 2 aromatic heterocycles. The third-order valence-electron chi connectivity index (χ3n) is 9.62. The van der Waals surface area contributed by atoms with E-state index in [2.05, 4.69) is 55.9 Å². The fourth-order valence-corrected chi connectivity index (χ4v) is 7.31. The van der Waals surface area contributed by atoms with E-state index in [1.807, 2.05) is 58.0 Å². The molecular weight excluding hydrogens is 749 g/mol. The molecular formula is C40H47IrN2O3-. The van der Waals surface area contributed by atoms with E-state index in [1.165, 1.54) is 17.2 Å². The number of aromatic nitrogens is 2. The van der Waals surface area contributed by atoms with E-state index in [0.29, 0.717) is 17.3 Å². The fraction of sp³-hybridized carbons (Fsp3) is 0.425. The summed E-state index contributed by atoms with van der Waals surface area (Å²) >= 11 is 0. The van der Waals surface area contributed by atoms with Gasteiger partial charge in [0.1, 0.15) is 23.0 Å². The molecule has 5 nitrogen and oxygen atoms in total. The van der Waals surface area contributed by atoms with Crippen LogP contribution in [0.3, 0.4) is 0 Å². The zero-order valence-electron chi connectivity index (χ0n) is 29.4. The van der Waals surface area contributed by atoms with Gasteiger partial charge in [-0.25, -0.2) is 4.98 Å². The zero-order chi connectivity index (χ0) is 33.4. The van der Waals surface area contributed by atoms with Crippen molar-refractivity contribution >= 4 is 38.6 Å². The van der Waals surface area contributed by atoms with Crippen molar-refractivity contribution in [2.45, 2.75) is 98.3 Å².